The Hall–Kier alpha value is -1.14. The van der Waals surface area contributed by atoms with Crippen molar-refractivity contribution in [3.63, 3.8) is 0 Å². The molecule has 0 aliphatic heterocycles. The van der Waals surface area contributed by atoms with Crippen molar-refractivity contribution in [3.05, 3.63) is 28.8 Å². The lowest BCUT2D eigenvalue weighted by molar-refractivity contribution is 0.140. The molecule has 78 valence electrons. The highest BCUT2D eigenvalue weighted by Crippen LogP contribution is 2.23. The Morgan fingerprint density at radius 3 is 2.57 bits per heavy atom. The zero-order chi connectivity index (χ0) is 10.7. The third-order valence-corrected chi connectivity index (χ3v) is 1.73. The van der Waals surface area contributed by atoms with Gasteiger partial charge in [0.1, 0.15) is 11.5 Å². The molecule has 0 aliphatic rings. The number of hydrogen-bond donors (Lipinski definition) is 2. The minimum atomic E-state index is -2.92. The Balaban J connectivity index is 3.28. The first kappa shape index (κ1) is 10.9. The summed E-state index contributed by atoms with van der Waals surface area (Å²) in [6.45, 7) is -0.925. The van der Waals surface area contributed by atoms with Crippen LogP contribution in [0.3, 0.4) is 0 Å². The van der Waals surface area contributed by atoms with E-state index in [1.165, 1.54) is 0 Å². The molecule has 0 bridgehead atoms. The number of alkyl halides is 2. The molecule has 0 saturated carbocycles. The number of pyridine rings is 1. The monoisotopic (exact) mass is 206 g/mol. The molecule has 0 aromatic carbocycles. The van der Waals surface area contributed by atoms with Gasteiger partial charge in [0, 0.05) is 12.1 Å². The van der Waals surface area contributed by atoms with E-state index in [4.69, 9.17) is 10.8 Å². The molecule has 6 heteroatoms. The van der Waals surface area contributed by atoms with E-state index < -0.39 is 30.1 Å². The molecule has 1 aromatic rings. The molecular weight excluding hydrogens is 197 g/mol. The van der Waals surface area contributed by atoms with Crippen LogP contribution in [0.2, 0.25) is 0 Å². The van der Waals surface area contributed by atoms with Gasteiger partial charge in [-0.25, -0.2) is 18.2 Å². The van der Waals surface area contributed by atoms with Crippen molar-refractivity contribution in [2.45, 2.75) is 19.6 Å². The second-order valence-corrected chi connectivity index (χ2v) is 2.62. The summed E-state index contributed by atoms with van der Waals surface area (Å²) in [5.41, 5.74) is 3.96. The highest BCUT2D eigenvalue weighted by atomic mass is 19.3. The van der Waals surface area contributed by atoms with Crippen LogP contribution >= 0.6 is 0 Å². The summed E-state index contributed by atoms with van der Waals surface area (Å²) in [5, 5.41) is 8.67. The van der Waals surface area contributed by atoms with Crippen LogP contribution in [0.25, 0.3) is 0 Å². The van der Waals surface area contributed by atoms with Gasteiger partial charge in [0.15, 0.2) is 0 Å². The molecule has 0 fully saturated rings. The van der Waals surface area contributed by atoms with Gasteiger partial charge in [-0.05, 0) is 6.07 Å². The van der Waals surface area contributed by atoms with Gasteiger partial charge in [-0.1, -0.05) is 0 Å². The molecule has 0 unspecified atom stereocenters. The summed E-state index contributed by atoms with van der Waals surface area (Å²) in [6, 6.07) is 0.942. The Kier molecular flexibility index (Phi) is 3.43. The summed E-state index contributed by atoms with van der Waals surface area (Å²) in [7, 11) is 0. The second kappa shape index (κ2) is 4.39. The predicted molar refractivity (Wildman–Crippen MR) is 43.0 cm³/mol. The summed E-state index contributed by atoms with van der Waals surface area (Å²) in [5.74, 6) is -0.904. The third-order valence-electron chi connectivity index (χ3n) is 1.73. The van der Waals surface area contributed by atoms with Gasteiger partial charge in [-0.3, -0.25) is 0 Å². The Morgan fingerprint density at radius 1 is 1.50 bits per heavy atom. The molecule has 0 radical (unpaired) electrons. The second-order valence-electron chi connectivity index (χ2n) is 2.62. The molecule has 0 aliphatic carbocycles. The quantitative estimate of drug-likeness (QED) is 0.778. The molecule has 14 heavy (non-hydrogen) atoms. The van der Waals surface area contributed by atoms with Crippen molar-refractivity contribution >= 4 is 0 Å². The zero-order valence-corrected chi connectivity index (χ0v) is 7.17. The van der Waals surface area contributed by atoms with Gasteiger partial charge in [-0.15, -0.1) is 0 Å². The van der Waals surface area contributed by atoms with Crippen LogP contribution in [-0.2, 0) is 13.2 Å². The van der Waals surface area contributed by atoms with Crippen molar-refractivity contribution in [3.8, 4) is 0 Å². The van der Waals surface area contributed by atoms with E-state index in [9.17, 15) is 13.2 Å². The minimum absolute atomic E-state index is 0.0370. The van der Waals surface area contributed by atoms with Gasteiger partial charge in [0.25, 0.3) is 6.43 Å². The molecule has 3 N–H and O–H groups in total. The number of hydrogen-bond acceptors (Lipinski definition) is 3. The SMILES string of the molecule is NCc1cc(F)c(CO)c(C(F)F)n1. The van der Waals surface area contributed by atoms with Crippen LogP contribution in [0.5, 0.6) is 0 Å². The van der Waals surface area contributed by atoms with Crippen LogP contribution < -0.4 is 5.73 Å². The average Bonchev–Trinajstić information content (AvgIpc) is 2.16. The number of halogens is 3. The topological polar surface area (TPSA) is 59.1 Å². The Morgan fingerprint density at radius 2 is 2.14 bits per heavy atom. The average molecular weight is 206 g/mol. The molecule has 0 spiro atoms. The normalized spacial score (nSPS) is 11.0. The van der Waals surface area contributed by atoms with Crippen molar-refractivity contribution in [2.24, 2.45) is 5.73 Å². The largest absolute Gasteiger partial charge is 0.391 e. The van der Waals surface area contributed by atoms with Crippen molar-refractivity contribution in [1.82, 2.24) is 4.98 Å². The molecule has 0 amide bonds. The zero-order valence-electron chi connectivity index (χ0n) is 7.17. The van der Waals surface area contributed by atoms with E-state index >= 15 is 0 Å². The fourth-order valence-corrected chi connectivity index (χ4v) is 1.05. The third kappa shape index (κ3) is 2.02. The highest BCUT2D eigenvalue weighted by Gasteiger charge is 2.19. The van der Waals surface area contributed by atoms with Gasteiger partial charge in [0.05, 0.1) is 12.3 Å². The fraction of sp³-hybridized carbons (Fsp3) is 0.375. The first-order valence-corrected chi connectivity index (χ1v) is 3.87. The molecular formula is C8H9F3N2O. The van der Waals surface area contributed by atoms with Crippen LogP contribution in [-0.4, -0.2) is 10.1 Å². The first-order chi connectivity index (χ1) is 6.60. The number of aliphatic hydroxyl groups excluding tert-OH is 1. The fourth-order valence-electron chi connectivity index (χ4n) is 1.05. The first-order valence-electron chi connectivity index (χ1n) is 3.87. The lowest BCUT2D eigenvalue weighted by atomic mass is 10.1. The standard InChI is InChI=1S/C8H9F3N2O/c9-6-1-4(2-12)13-7(8(10)11)5(6)3-14/h1,8,14H,2-3,12H2. The smallest absolute Gasteiger partial charge is 0.280 e. The number of nitrogens with zero attached hydrogens (tertiary/aromatic N) is 1. The molecule has 1 heterocycles. The summed E-state index contributed by atoms with van der Waals surface area (Å²) in [6.07, 6.45) is -2.92. The van der Waals surface area contributed by atoms with Crippen LogP contribution in [0.15, 0.2) is 6.07 Å². The van der Waals surface area contributed by atoms with Crippen molar-refractivity contribution in [1.29, 1.82) is 0 Å². The maximum Gasteiger partial charge on any atom is 0.280 e. The summed E-state index contributed by atoms with van der Waals surface area (Å²) >= 11 is 0. The van der Waals surface area contributed by atoms with Gasteiger partial charge in [-0.2, -0.15) is 0 Å². The summed E-state index contributed by atoms with van der Waals surface area (Å²) in [4.78, 5) is 3.45. The van der Waals surface area contributed by atoms with E-state index in [1.807, 2.05) is 0 Å². The van der Waals surface area contributed by atoms with Gasteiger partial charge in [0.2, 0.25) is 0 Å². The van der Waals surface area contributed by atoms with Crippen molar-refractivity contribution in [2.75, 3.05) is 0 Å². The Labute approximate surface area is 78.4 Å². The van der Waals surface area contributed by atoms with Crippen molar-refractivity contribution < 1.29 is 18.3 Å². The van der Waals surface area contributed by atoms with Gasteiger partial charge < -0.3 is 10.8 Å². The van der Waals surface area contributed by atoms with E-state index in [0.29, 0.717) is 0 Å². The number of nitrogens with two attached hydrogens (primary N) is 1. The molecule has 3 nitrogen and oxygen atoms in total. The van der Waals surface area contributed by atoms with E-state index in [2.05, 4.69) is 4.98 Å². The van der Waals surface area contributed by atoms with Gasteiger partial charge >= 0.3 is 0 Å². The molecule has 0 atom stereocenters. The number of aromatic nitrogens is 1. The highest BCUT2D eigenvalue weighted by molar-refractivity contribution is 5.25. The Bertz CT molecular complexity index is 331. The molecule has 1 aromatic heterocycles. The van der Waals surface area contributed by atoms with E-state index in [-0.39, 0.29) is 12.2 Å². The lowest BCUT2D eigenvalue weighted by Crippen LogP contribution is -2.08. The van der Waals surface area contributed by atoms with Crippen LogP contribution in [0.4, 0.5) is 13.2 Å². The lowest BCUT2D eigenvalue weighted by Gasteiger charge is -2.08. The van der Waals surface area contributed by atoms with E-state index in [1.54, 1.807) is 0 Å². The van der Waals surface area contributed by atoms with E-state index in [0.717, 1.165) is 6.07 Å². The molecule has 1 rings (SSSR count). The van der Waals surface area contributed by atoms with Crippen LogP contribution in [0, 0.1) is 5.82 Å². The maximum atomic E-state index is 13.1. The number of aliphatic hydroxyl groups is 1. The predicted octanol–water partition coefficient (Wildman–Crippen LogP) is 1.11. The summed E-state index contributed by atoms with van der Waals surface area (Å²) < 4.78 is 37.7. The maximum absolute atomic E-state index is 13.1. The molecule has 0 saturated heterocycles. The van der Waals surface area contributed by atoms with Crippen LogP contribution in [0.1, 0.15) is 23.4 Å². The minimum Gasteiger partial charge on any atom is -0.391 e. The number of rotatable bonds is 3.